The van der Waals surface area contributed by atoms with Gasteiger partial charge in [0.2, 0.25) is 0 Å². The maximum Gasteiger partial charge on any atom is 0.153 e. The summed E-state index contributed by atoms with van der Waals surface area (Å²) in [5.74, 6) is -0.670. The quantitative estimate of drug-likeness (QED) is 0.619. The molecule has 0 aliphatic carbocycles. The summed E-state index contributed by atoms with van der Waals surface area (Å²) in [6, 6.07) is 4.40. The summed E-state index contributed by atoms with van der Waals surface area (Å²) in [6.07, 6.45) is 0.640. The molecular weight excluding hydrogens is 200 g/mol. The van der Waals surface area contributed by atoms with Crippen LogP contribution in [0.1, 0.15) is 10.4 Å². The third-order valence-electron chi connectivity index (χ3n) is 1.69. The van der Waals surface area contributed by atoms with Gasteiger partial charge in [-0.25, -0.2) is 0 Å². The highest BCUT2D eigenvalue weighted by Crippen LogP contribution is 2.23. The number of carboxylic acids is 1. The van der Waals surface area contributed by atoms with Crippen LogP contribution in [0.3, 0.4) is 0 Å². The van der Waals surface area contributed by atoms with Gasteiger partial charge in [0.15, 0.2) is 6.29 Å². The summed E-state index contributed by atoms with van der Waals surface area (Å²) in [6.45, 7) is -0.538. The van der Waals surface area contributed by atoms with Crippen LogP contribution < -0.4 is 14.6 Å². The van der Waals surface area contributed by atoms with E-state index in [-0.39, 0.29) is 0 Å². The Morgan fingerprint density at radius 3 is 2.80 bits per heavy atom. The lowest BCUT2D eigenvalue weighted by Gasteiger charge is -2.09. The number of methoxy groups -OCH3 is 1. The molecule has 0 N–H and O–H groups in total. The van der Waals surface area contributed by atoms with Crippen molar-refractivity contribution >= 4 is 12.3 Å². The van der Waals surface area contributed by atoms with E-state index in [1.54, 1.807) is 0 Å². The number of aliphatic carboxylic acids is 1. The molecular formula is C10H9O5-. The Morgan fingerprint density at radius 1 is 1.53 bits per heavy atom. The average molecular weight is 209 g/mol. The van der Waals surface area contributed by atoms with Gasteiger partial charge in [-0.05, 0) is 12.1 Å². The zero-order valence-electron chi connectivity index (χ0n) is 8.06. The van der Waals surface area contributed by atoms with Gasteiger partial charge in [-0.3, -0.25) is 4.79 Å². The average Bonchev–Trinajstić information content (AvgIpc) is 2.25. The van der Waals surface area contributed by atoms with E-state index in [0.29, 0.717) is 23.3 Å². The Morgan fingerprint density at radius 2 is 2.27 bits per heavy atom. The Balaban J connectivity index is 2.83. The predicted octanol–water partition coefficient (Wildman–Crippen LogP) is -0.364. The van der Waals surface area contributed by atoms with E-state index < -0.39 is 12.6 Å². The van der Waals surface area contributed by atoms with Crippen molar-refractivity contribution in [1.29, 1.82) is 0 Å². The van der Waals surface area contributed by atoms with Gasteiger partial charge >= 0.3 is 0 Å². The fraction of sp³-hybridized carbons (Fsp3) is 0.200. The van der Waals surface area contributed by atoms with Crippen molar-refractivity contribution in [3.8, 4) is 11.5 Å². The van der Waals surface area contributed by atoms with Crippen molar-refractivity contribution in [2.24, 2.45) is 0 Å². The van der Waals surface area contributed by atoms with Crippen LogP contribution in [0.5, 0.6) is 11.5 Å². The first kappa shape index (κ1) is 11.0. The van der Waals surface area contributed by atoms with Crippen LogP contribution >= 0.6 is 0 Å². The number of carboxylic acid groups (broad SMARTS) is 1. The molecule has 0 heterocycles. The maximum absolute atomic E-state index is 10.5. The molecule has 0 radical (unpaired) electrons. The van der Waals surface area contributed by atoms with Gasteiger partial charge in [0, 0.05) is 6.07 Å². The lowest BCUT2D eigenvalue weighted by atomic mass is 10.2. The van der Waals surface area contributed by atoms with Crippen LogP contribution in [0.4, 0.5) is 0 Å². The number of carbonyl (C=O) groups excluding carboxylic acids is 2. The van der Waals surface area contributed by atoms with Gasteiger partial charge in [-0.1, -0.05) is 0 Å². The third-order valence-corrected chi connectivity index (χ3v) is 1.69. The number of ether oxygens (including phenoxy) is 2. The molecule has 5 nitrogen and oxygen atoms in total. The Bertz CT molecular complexity index is 372. The van der Waals surface area contributed by atoms with Gasteiger partial charge in [0.05, 0.1) is 18.6 Å². The molecule has 0 aromatic heterocycles. The fourth-order valence-corrected chi connectivity index (χ4v) is 1.02. The zero-order chi connectivity index (χ0) is 11.3. The van der Waals surface area contributed by atoms with Crippen LogP contribution in [0.2, 0.25) is 0 Å². The molecule has 0 aliphatic heterocycles. The lowest BCUT2D eigenvalue weighted by molar-refractivity contribution is -0.307. The molecule has 0 unspecified atom stereocenters. The number of benzene rings is 1. The smallest absolute Gasteiger partial charge is 0.153 e. The number of hydrogen-bond donors (Lipinski definition) is 0. The van der Waals surface area contributed by atoms with Gasteiger partial charge in [-0.2, -0.15) is 0 Å². The summed E-state index contributed by atoms with van der Waals surface area (Å²) >= 11 is 0. The third kappa shape index (κ3) is 2.98. The molecule has 0 bridgehead atoms. The number of carbonyl (C=O) groups is 2. The van der Waals surface area contributed by atoms with Crippen molar-refractivity contribution in [2.45, 2.75) is 0 Å². The molecule has 0 amide bonds. The molecule has 0 aliphatic rings. The Labute approximate surface area is 86.2 Å². The summed E-state index contributed by atoms with van der Waals surface area (Å²) in [5, 5.41) is 10.1. The number of rotatable bonds is 5. The summed E-state index contributed by atoms with van der Waals surface area (Å²) < 4.78 is 9.76. The van der Waals surface area contributed by atoms with Crippen molar-refractivity contribution in [1.82, 2.24) is 0 Å². The predicted molar refractivity (Wildman–Crippen MR) is 48.9 cm³/mol. The molecule has 5 heteroatoms. The molecule has 0 fully saturated rings. The van der Waals surface area contributed by atoms with Gasteiger partial charge < -0.3 is 19.4 Å². The zero-order valence-corrected chi connectivity index (χ0v) is 8.06. The van der Waals surface area contributed by atoms with Crippen molar-refractivity contribution in [3.63, 3.8) is 0 Å². The second kappa shape index (κ2) is 4.99. The van der Waals surface area contributed by atoms with E-state index in [4.69, 9.17) is 9.47 Å². The van der Waals surface area contributed by atoms with Crippen LogP contribution in [0.25, 0.3) is 0 Å². The topological polar surface area (TPSA) is 75.7 Å². The molecule has 1 rings (SSSR count). The van der Waals surface area contributed by atoms with Crippen molar-refractivity contribution in [3.05, 3.63) is 23.8 Å². The standard InChI is InChI=1S/C10H10O5/c1-14-9-4-8(15-6-10(12)13)3-2-7(9)5-11/h2-5H,6H2,1H3,(H,12,13)/p-1. The first-order valence-corrected chi connectivity index (χ1v) is 4.13. The largest absolute Gasteiger partial charge is 0.546 e. The van der Waals surface area contributed by atoms with E-state index in [2.05, 4.69) is 0 Å². The maximum atomic E-state index is 10.5. The minimum Gasteiger partial charge on any atom is -0.546 e. The highest BCUT2D eigenvalue weighted by atomic mass is 16.5. The molecule has 1 aromatic carbocycles. The normalized spacial score (nSPS) is 9.40. The molecule has 80 valence electrons. The van der Waals surface area contributed by atoms with E-state index in [0.717, 1.165) is 0 Å². The first-order valence-electron chi connectivity index (χ1n) is 4.13. The van der Waals surface area contributed by atoms with Gasteiger partial charge in [0.25, 0.3) is 0 Å². The van der Waals surface area contributed by atoms with Crippen LogP contribution in [-0.2, 0) is 4.79 Å². The van der Waals surface area contributed by atoms with E-state index in [9.17, 15) is 14.7 Å². The SMILES string of the molecule is COc1cc(OCC(=O)[O-])ccc1C=O. The first-order chi connectivity index (χ1) is 7.17. The van der Waals surface area contributed by atoms with Crippen molar-refractivity contribution in [2.75, 3.05) is 13.7 Å². The van der Waals surface area contributed by atoms with E-state index >= 15 is 0 Å². The minimum atomic E-state index is -1.31. The molecule has 0 saturated carbocycles. The lowest BCUT2D eigenvalue weighted by Crippen LogP contribution is -2.28. The molecule has 1 aromatic rings. The summed E-state index contributed by atoms with van der Waals surface area (Å²) in [7, 11) is 1.41. The highest BCUT2D eigenvalue weighted by Gasteiger charge is 2.03. The van der Waals surface area contributed by atoms with Crippen LogP contribution in [-0.4, -0.2) is 26.0 Å². The second-order valence-corrected chi connectivity index (χ2v) is 2.68. The summed E-state index contributed by atoms with van der Waals surface area (Å²) in [5.41, 5.74) is 0.373. The van der Waals surface area contributed by atoms with Gasteiger partial charge in [-0.15, -0.1) is 0 Å². The highest BCUT2D eigenvalue weighted by molar-refractivity contribution is 5.79. The fourth-order valence-electron chi connectivity index (χ4n) is 1.02. The van der Waals surface area contributed by atoms with Crippen molar-refractivity contribution < 1.29 is 24.2 Å². The molecule has 0 spiro atoms. The summed E-state index contributed by atoms with van der Waals surface area (Å²) in [4.78, 5) is 20.7. The monoisotopic (exact) mass is 209 g/mol. The molecule has 0 atom stereocenters. The van der Waals surface area contributed by atoms with Crippen LogP contribution in [0.15, 0.2) is 18.2 Å². The number of hydrogen-bond acceptors (Lipinski definition) is 5. The molecule has 0 saturated heterocycles. The Hall–Kier alpha value is -2.04. The number of aldehydes is 1. The minimum absolute atomic E-state index is 0.307. The van der Waals surface area contributed by atoms with E-state index in [1.165, 1.54) is 25.3 Å². The van der Waals surface area contributed by atoms with Gasteiger partial charge in [0.1, 0.15) is 18.1 Å². The van der Waals surface area contributed by atoms with E-state index in [1.807, 2.05) is 0 Å². The Kier molecular flexibility index (Phi) is 3.68. The molecule has 15 heavy (non-hydrogen) atoms. The van der Waals surface area contributed by atoms with Crippen LogP contribution in [0, 0.1) is 0 Å². The second-order valence-electron chi connectivity index (χ2n) is 2.68.